The Hall–Kier alpha value is -0.110. The van der Waals surface area contributed by atoms with Crippen LogP contribution in [0.1, 0.15) is 51.4 Å². The van der Waals surface area contributed by atoms with Gasteiger partial charge in [0, 0.05) is 12.1 Å². The van der Waals surface area contributed by atoms with Crippen LogP contribution in [0.4, 0.5) is 4.39 Å². The van der Waals surface area contributed by atoms with Gasteiger partial charge in [0.1, 0.15) is 6.67 Å². The fraction of sp³-hybridized carbons (Fsp3) is 1.00. The van der Waals surface area contributed by atoms with Gasteiger partial charge < -0.3 is 0 Å². The minimum Gasteiger partial charge on any atom is -0.295 e. The molecule has 2 fully saturated rings. The van der Waals surface area contributed by atoms with Crippen LogP contribution in [-0.2, 0) is 0 Å². The van der Waals surface area contributed by atoms with E-state index in [1.807, 2.05) is 0 Å². The van der Waals surface area contributed by atoms with Crippen molar-refractivity contribution >= 4 is 0 Å². The average molecular weight is 199 g/mol. The normalized spacial score (nSPS) is 31.9. The molecule has 0 radical (unpaired) electrons. The van der Waals surface area contributed by atoms with Crippen molar-refractivity contribution < 1.29 is 4.39 Å². The molecule has 2 aliphatic rings. The molecule has 0 amide bonds. The summed E-state index contributed by atoms with van der Waals surface area (Å²) in [7, 11) is 0. The van der Waals surface area contributed by atoms with Gasteiger partial charge in [0.25, 0.3) is 0 Å². The predicted octanol–water partition coefficient (Wildman–Crippen LogP) is 3.14. The van der Waals surface area contributed by atoms with Crippen LogP contribution in [0.5, 0.6) is 0 Å². The Labute approximate surface area is 86.7 Å². The van der Waals surface area contributed by atoms with Crippen molar-refractivity contribution in [3.05, 3.63) is 0 Å². The molecule has 1 unspecified atom stereocenters. The Morgan fingerprint density at radius 1 is 0.929 bits per heavy atom. The first kappa shape index (κ1) is 10.4. The van der Waals surface area contributed by atoms with E-state index in [0.29, 0.717) is 6.04 Å². The molecule has 82 valence electrons. The van der Waals surface area contributed by atoms with E-state index in [0.717, 1.165) is 13.0 Å². The van der Waals surface area contributed by atoms with Crippen LogP contribution in [-0.4, -0.2) is 30.2 Å². The summed E-state index contributed by atoms with van der Waals surface area (Å²) < 4.78 is 12.8. The molecule has 14 heavy (non-hydrogen) atoms. The first-order valence-corrected chi connectivity index (χ1v) is 6.23. The molecule has 1 heterocycles. The highest BCUT2D eigenvalue weighted by atomic mass is 19.1. The zero-order valence-corrected chi connectivity index (χ0v) is 9.05. The molecule has 1 saturated heterocycles. The topological polar surface area (TPSA) is 3.24 Å². The van der Waals surface area contributed by atoms with E-state index >= 15 is 0 Å². The highest BCUT2D eigenvalue weighted by Crippen LogP contribution is 2.28. The molecular formula is C12H22FN. The van der Waals surface area contributed by atoms with Gasteiger partial charge in [-0.15, -0.1) is 0 Å². The zero-order chi connectivity index (χ0) is 9.80. The number of piperidine rings is 1. The van der Waals surface area contributed by atoms with E-state index in [-0.39, 0.29) is 12.7 Å². The van der Waals surface area contributed by atoms with Gasteiger partial charge in [-0.3, -0.25) is 4.90 Å². The number of likely N-dealkylation sites (tertiary alicyclic amines) is 1. The van der Waals surface area contributed by atoms with Crippen LogP contribution in [0, 0.1) is 0 Å². The Morgan fingerprint density at radius 2 is 1.64 bits per heavy atom. The molecule has 0 aromatic heterocycles. The average Bonchev–Trinajstić information content (AvgIpc) is 2.30. The van der Waals surface area contributed by atoms with Gasteiger partial charge in [-0.05, 0) is 32.2 Å². The molecule has 2 rings (SSSR count). The van der Waals surface area contributed by atoms with E-state index < -0.39 is 0 Å². The molecule has 1 aliphatic carbocycles. The minimum atomic E-state index is -0.128. The maximum Gasteiger partial charge on any atom is 0.105 e. The van der Waals surface area contributed by atoms with Gasteiger partial charge in [-0.25, -0.2) is 4.39 Å². The van der Waals surface area contributed by atoms with Crippen LogP contribution in [0.25, 0.3) is 0 Å². The number of hydrogen-bond donors (Lipinski definition) is 0. The molecule has 0 bridgehead atoms. The molecule has 0 aromatic carbocycles. The lowest BCUT2D eigenvalue weighted by Gasteiger charge is -2.41. The maximum absolute atomic E-state index is 12.8. The first-order chi connectivity index (χ1) is 6.92. The Bertz CT molecular complexity index is 166. The fourth-order valence-corrected chi connectivity index (χ4v) is 3.08. The smallest absolute Gasteiger partial charge is 0.105 e. The third kappa shape index (κ3) is 2.28. The molecule has 0 spiro atoms. The minimum absolute atomic E-state index is 0.128. The second-order valence-corrected chi connectivity index (χ2v) is 4.83. The van der Waals surface area contributed by atoms with E-state index in [1.54, 1.807) is 0 Å². The Morgan fingerprint density at radius 3 is 2.36 bits per heavy atom. The first-order valence-electron chi connectivity index (χ1n) is 6.23. The molecule has 0 aromatic rings. The monoisotopic (exact) mass is 199 g/mol. The second-order valence-electron chi connectivity index (χ2n) is 4.83. The van der Waals surface area contributed by atoms with Gasteiger partial charge in [0.05, 0.1) is 0 Å². The fourth-order valence-electron chi connectivity index (χ4n) is 3.08. The maximum atomic E-state index is 12.8. The molecule has 1 aliphatic heterocycles. The summed E-state index contributed by atoms with van der Waals surface area (Å²) in [6.07, 6.45) is 10.4. The van der Waals surface area contributed by atoms with Crippen molar-refractivity contribution in [3.63, 3.8) is 0 Å². The molecule has 1 saturated carbocycles. The van der Waals surface area contributed by atoms with Crippen molar-refractivity contribution in [1.82, 2.24) is 4.90 Å². The van der Waals surface area contributed by atoms with Gasteiger partial charge in [0.2, 0.25) is 0 Å². The summed E-state index contributed by atoms with van der Waals surface area (Å²) >= 11 is 0. The summed E-state index contributed by atoms with van der Waals surface area (Å²) in [6.45, 7) is 1.02. The molecular weight excluding hydrogens is 177 g/mol. The highest BCUT2D eigenvalue weighted by Gasteiger charge is 2.29. The van der Waals surface area contributed by atoms with Gasteiger partial charge in [-0.1, -0.05) is 25.7 Å². The van der Waals surface area contributed by atoms with Crippen molar-refractivity contribution in [3.8, 4) is 0 Å². The molecule has 1 nitrogen and oxygen atoms in total. The summed E-state index contributed by atoms with van der Waals surface area (Å²) in [5.74, 6) is 0. The summed E-state index contributed by atoms with van der Waals surface area (Å²) in [6, 6.07) is 0.969. The van der Waals surface area contributed by atoms with E-state index in [2.05, 4.69) is 4.90 Å². The summed E-state index contributed by atoms with van der Waals surface area (Å²) in [5, 5.41) is 0. The van der Waals surface area contributed by atoms with Crippen LogP contribution in [0.15, 0.2) is 0 Å². The lowest BCUT2D eigenvalue weighted by Crippen LogP contribution is -2.48. The summed E-state index contributed by atoms with van der Waals surface area (Å²) in [5.41, 5.74) is 0. The largest absolute Gasteiger partial charge is 0.295 e. The number of hydrogen-bond acceptors (Lipinski definition) is 1. The van der Waals surface area contributed by atoms with Crippen molar-refractivity contribution in [2.24, 2.45) is 0 Å². The van der Waals surface area contributed by atoms with E-state index in [4.69, 9.17) is 0 Å². The zero-order valence-electron chi connectivity index (χ0n) is 9.05. The van der Waals surface area contributed by atoms with Crippen LogP contribution in [0.3, 0.4) is 0 Å². The second kappa shape index (κ2) is 5.11. The van der Waals surface area contributed by atoms with Crippen LogP contribution >= 0.6 is 0 Å². The van der Waals surface area contributed by atoms with E-state index in [9.17, 15) is 4.39 Å². The van der Waals surface area contributed by atoms with Crippen LogP contribution in [0.2, 0.25) is 0 Å². The number of rotatable bonds is 2. The quantitative estimate of drug-likeness (QED) is 0.660. The lowest BCUT2D eigenvalue weighted by atomic mass is 9.90. The van der Waals surface area contributed by atoms with E-state index in [1.165, 1.54) is 44.9 Å². The SMILES string of the molecule is FCC1CCCCN1C1CCCCC1. The third-order valence-corrected chi connectivity index (χ3v) is 3.89. The van der Waals surface area contributed by atoms with Gasteiger partial charge in [-0.2, -0.15) is 0 Å². The van der Waals surface area contributed by atoms with Crippen molar-refractivity contribution in [1.29, 1.82) is 0 Å². The highest BCUT2D eigenvalue weighted by molar-refractivity contribution is 4.84. The lowest BCUT2D eigenvalue weighted by molar-refractivity contribution is 0.0584. The van der Waals surface area contributed by atoms with Crippen LogP contribution < -0.4 is 0 Å². The van der Waals surface area contributed by atoms with Gasteiger partial charge in [0.15, 0.2) is 0 Å². The summed E-state index contributed by atoms with van der Waals surface area (Å²) in [4.78, 5) is 2.47. The molecule has 1 atom stereocenters. The standard InChI is InChI=1S/C12H22FN/c13-10-12-8-4-5-9-14(12)11-6-2-1-3-7-11/h11-12H,1-10H2. The molecule has 0 N–H and O–H groups in total. The Kier molecular flexibility index (Phi) is 3.80. The van der Waals surface area contributed by atoms with Crippen molar-refractivity contribution in [2.75, 3.05) is 13.2 Å². The predicted molar refractivity (Wildman–Crippen MR) is 57.2 cm³/mol. The molecule has 2 heteroatoms. The number of nitrogens with zero attached hydrogens (tertiary/aromatic N) is 1. The Balaban J connectivity index is 1.91. The van der Waals surface area contributed by atoms with Gasteiger partial charge >= 0.3 is 0 Å². The number of alkyl halides is 1. The van der Waals surface area contributed by atoms with Crippen molar-refractivity contribution in [2.45, 2.75) is 63.5 Å². The third-order valence-electron chi connectivity index (χ3n) is 3.89. The number of halogens is 1.